The van der Waals surface area contributed by atoms with E-state index in [1.54, 1.807) is 0 Å². The van der Waals surface area contributed by atoms with E-state index in [1.807, 2.05) is 18.2 Å². The topological polar surface area (TPSA) is 35.2 Å². The Bertz CT molecular complexity index is 312. The van der Waals surface area contributed by atoms with Gasteiger partial charge in [0.25, 0.3) is 0 Å². The molecule has 0 aromatic heterocycles. The number of benzene rings is 1. The summed E-state index contributed by atoms with van der Waals surface area (Å²) in [6.07, 6.45) is 4.62. The summed E-state index contributed by atoms with van der Waals surface area (Å²) in [4.78, 5) is 0. The SMILES string of the molecule is CCCC(C)COCCCc1cccc(N)c1. The van der Waals surface area contributed by atoms with Gasteiger partial charge in [-0.1, -0.05) is 32.4 Å². The second-order valence-electron chi connectivity index (χ2n) is 4.82. The van der Waals surface area contributed by atoms with Gasteiger partial charge in [-0.05, 0) is 42.9 Å². The van der Waals surface area contributed by atoms with E-state index in [0.717, 1.165) is 31.7 Å². The lowest BCUT2D eigenvalue weighted by Gasteiger charge is -2.10. The smallest absolute Gasteiger partial charge is 0.0491 e. The summed E-state index contributed by atoms with van der Waals surface area (Å²) in [6, 6.07) is 8.09. The van der Waals surface area contributed by atoms with Crippen LogP contribution in [0.3, 0.4) is 0 Å². The van der Waals surface area contributed by atoms with Gasteiger partial charge in [0, 0.05) is 18.9 Å². The van der Waals surface area contributed by atoms with Crippen LogP contribution in [0.15, 0.2) is 24.3 Å². The Morgan fingerprint density at radius 1 is 1.35 bits per heavy atom. The van der Waals surface area contributed by atoms with Crippen LogP contribution in [0.5, 0.6) is 0 Å². The minimum atomic E-state index is 0.687. The van der Waals surface area contributed by atoms with Gasteiger partial charge < -0.3 is 10.5 Å². The van der Waals surface area contributed by atoms with Gasteiger partial charge in [-0.15, -0.1) is 0 Å². The number of nitrogens with two attached hydrogens (primary N) is 1. The Balaban J connectivity index is 2.08. The van der Waals surface area contributed by atoms with Crippen LogP contribution in [0, 0.1) is 5.92 Å². The van der Waals surface area contributed by atoms with Crippen molar-refractivity contribution in [3.8, 4) is 0 Å². The maximum Gasteiger partial charge on any atom is 0.0491 e. The molecule has 1 aromatic carbocycles. The lowest BCUT2D eigenvalue weighted by molar-refractivity contribution is 0.0999. The fraction of sp³-hybridized carbons (Fsp3) is 0.600. The van der Waals surface area contributed by atoms with Crippen molar-refractivity contribution >= 4 is 5.69 Å². The van der Waals surface area contributed by atoms with Gasteiger partial charge in [0.05, 0.1) is 0 Å². The molecule has 1 rings (SSSR count). The number of aryl methyl sites for hydroxylation is 1. The average molecular weight is 235 g/mol. The molecule has 96 valence electrons. The molecule has 0 saturated carbocycles. The van der Waals surface area contributed by atoms with E-state index in [2.05, 4.69) is 19.9 Å². The summed E-state index contributed by atoms with van der Waals surface area (Å²) in [5.74, 6) is 0.687. The molecule has 0 bridgehead atoms. The van der Waals surface area contributed by atoms with Crippen molar-refractivity contribution in [1.82, 2.24) is 0 Å². The van der Waals surface area contributed by atoms with Crippen LogP contribution in [0.1, 0.15) is 38.7 Å². The molecular weight excluding hydrogens is 210 g/mol. The van der Waals surface area contributed by atoms with Gasteiger partial charge in [-0.25, -0.2) is 0 Å². The first kappa shape index (κ1) is 14.0. The normalized spacial score (nSPS) is 12.6. The molecule has 0 fully saturated rings. The third-order valence-electron chi connectivity index (χ3n) is 2.89. The van der Waals surface area contributed by atoms with Crippen LogP contribution in [-0.4, -0.2) is 13.2 Å². The Morgan fingerprint density at radius 3 is 2.88 bits per heavy atom. The molecule has 0 aliphatic rings. The molecule has 0 amide bonds. The fourth-order valence-corrected chi connectivity index (χ4v) is 1.99. The van der Waals surface area contributed by atoms with Crippen molar-refractivity contribution in [2.75, 3.05) is 18.9 Å². The van der Waals surface area contributed by atoms with E-state index in [4.69, 9.17) is 10.5 Å². The second kappa shape index (κ2) is 8.13. The summed E-state index contributed by atoms with van der Waals surface area (Å²) in [5.41, 5.74) is 7.88. The average Bonchev–Trinajstić information content (AvgIpc) is 2.29. The molecule has 2 nitrogen and oxygen atoms in total. The molecule has 0 spiro atoms. The van der Waals surface area contributed by atoms with Gasteiger partial charge in [0.2, 0.25) is 0 Å². The zero-order valence-corrected chi connectivity index (χ0v) is 11.1. The quantitative estimate of drug-likeness (QED) is 0.551. The molecule has 1 atom stereocenters. The van der Waals surface area contributed by atoms with Gasteiger partial charge in [-0.3, -0.25) is 0 Å². The van der Waals surface area contributed by atoms with Crippen LogP contribution in [0.25, 0.3) is 0 Å². The first-order chi connectivity index (χ1) is 8.22. The number of ether oxygens (including phenoxy) is 1. The van der Waals surface area contributed by atoms with Crippen molar-refractivity contribution in [3.05, 3.63) is 29.8 Å². The van der Waals surface area contributed by atoms with Crippen LogP contribution < -0.4 is 5.73 Å². The highest BCUT2D eigenvalue weighted by Crippen LogP contribution is 2.09. The van der Waals surface area contributed by atoms with Crippen molar-refractivity contribution in [2.45, 2.75) is 39.5 Å². The molecular formula is C15H25NO. The number of nitrogen functional groups attached to an aromatic ring is 1. The first-order valence-electron chi connectivity index (χ1n) is 6.64. The zero-order chi connectivity index (χ0) is 12.5. The third kappa shape index (κ3) is 6.32. The summed E-state index contributed by atoms with van der Waals surface area (Å²) >= 11 is 0. The number of hydrogen-bond donors (Lipinski definition) is 1. The highest BCUT2D eigenvalue weighted by atomic mass is 16.5. The largest absolute Gasteiger partial charge is 0.399 e. The predicted octanol–water partition coefficient (Wildman–Crippen LogP) is 3.65. The van der Waals surface area contributed by atoms with Gasteiger partial charge in [0.1, 0.15) is 0 Å². The van der Waals surface area contributed by atoms with E-state index >= 15 is 0 Å². The van der Waals surface area contributed by atoms with Gasteiger partial charge in [-0.2, -0.15) is 0 Å². The Kier molecular flexibility index (Phi) is 6.71. The molecule has 2 N–H and O–H groups in total. The Labute approximate surface area is 105 Å². The van der Waals surface area contributed by atoms with Crippen molar-refractivity contribution in [2.24, 2.45) is 5.92 Å². The zero-order valence-electron chi connectivity index (χ0n) is 11.1. The maximum absolute atomic E-state index is 5.73. The fourth-order valence-electron chi connectivity index (χ4n) is 1.99. The van der Waals surface area contributed by atoms with Crippen molar-refractivity contribution < 1.29 is 4.74 Å². The highest BCUT2D eigenvalue weighted by Gasteiger charge is 2.00. The van der Waals surface area contributed by atoms with E-state index in [0.29, 0.717) is 5.92 Å². The summed E-state index contributed by atoms with van der Waals surface area (Å²) < 4.78 is 5.67. The molecule has 1 aromatic rings. The first-order valence-corrected chi connectivity index (χ1v) is 6.64. The molecule has 0 aliphatic heterocycles. The summed E-state index contributed by atoms with van der Waals surface area (Å²) in [7, 11) is 0. The molecule has 0 saturated heterocycles. The number of anilines is 1. The van der Waals surface area contributed by atoms with Crippen LogP contribution in [-0.2, 0) is 11.2 Å². The Hall–Kier alpha value is -1.02. The molecule has 17 heavy (non-hydrogen) atoms. The van der Waals surface area contributed by atoms with E-state index in [1.165, 1.54) is 18.4 Å². The van der Waals surface area contributed by atoms with Crippen molar-refractivity contribution in [3.63, 3.8) is 0 Å². The van der Waals surface area contributed by atoms with Crippen LogP contribution in [0.2, 0.25) is 0 Å². The van der Waals surface area contributed by atoms with Crippen LogP contribution in [0.4, 0.5) is 5.69 Å². The van der Waals surface area contributed by atoms with E-state index in [9.17, 15) is 0 Å². The standard InChI is InChI=1S/C15H25NO/c1-3-6-13(2)12-17-10-5-8-14-7-4-9-15(16)11-14/h4,7,9,11,13H,3,5-6,8,10,12,16H2,1-2H3. The van der Waals surface area contributed by atoms with E-state index in [-0.39, 0.29) is 0 Å². The molecule has 1 unspecified atom stereocenters. The molecule has 0 heterocycles. The lowest BCUT2D eigenvalue weighted by atomic mass is 10.1. The summed E-state index contributed by atoms with van der Waals surface area (Å²) in [6.45, 7) is 6.21. The lowest BCUT2D eigenvalue weighted by Crippen LogP contribution is -2.07. The van der Waals surface area contributed by atoms with Gasteiger partial charge in [0.15, 0.2) is 0 Å². The minimum absolute atomic E-state index is 0.687. The second-order valence-corrected chi connectivity index (χ2v) is 4.82. The minimum Gasteiger partial charge on any atom is -0.399 e. The van der Waals surface area contributed by atoms with Crippen LogP contribution >= 0.6 is 0 Å². The number of hydrogen-bond acceptors (Lipinski definition) is 2. The van der Waals surface area contributed by atoms with Crippen molar-refractivity contribution in [1.29, 1.82) is 0 Å². The molecule has 2 heteroatoms. The molecule has 0 aliphatic carbocycles. The monoisotopic (exact) mass is 235 g/mol. The van der Waals surface area contributed by atoms with E-state index < -0.39 is 0 Å². The number of rotatable bonds is 8. The Morgan fingerprint density at radius 2 is 2.18 bits per heavy atom. The summed E-state index contributed by atoms with van der Waals surface area (Å²) in [5, 5.41) is 0. The van der Waals surface area contributed by atoms with Gasteiger partial charge >= 0.3 is 0 Å². The maximum atomic E-state index is 5.73. The highest BCUT2D eigenvalue weighted by molar-refractivity contribution is 5.40. The molecule has 0 radical (unpaired) electrons. The third-order valence-corrected chi connectivity index (χ3v) is 2.89. The predicted molar refractivity (Wildman–Crippen MR) is 74.1 cm³/mol.